The van der Waals surface area contributed by atoms with Crippen LogP contribution >= 0.6 is 0 Å². The first-order valence-electron chi connectivity index (χ1n) is 13.2. The van der Waals surface area contributed by atoms with E-state index in [4.69, 9.17) is 4.74 Å². The first kappa shape index (κ1) is 25.0. The highest BCUT2D eigenvalue weighted by atomic mass is 16.5. The van der Waals surface area contributed by atoms with Gasteiger partial charge in [-0.1, -0.05) is 60.7 Å². The van der Waals surface area contributed by atoms with Gasteiger partial charge in [-0.15, -0.1) is 0 Å². The van der Waals surface area contributed by atoms with Crippen LogP contribution in [0.2, 0.25) is 0 Å². The highest BCUT2D eigenvalue weighted by Crippen LogP contribution is 2.30. The van der Waals surface area contributed by atoms with Crippen molar-refractivity contribution in [1.82, 2.24) is 14.7 Å². The molecule has 0 atom stereocenters. The number of carbonyl (C=O) groups is 2. The van der Waals surface area contributed by atoms with Crippen molar-refractivity contribution in [2.24, 2.45) is 5.92 Å². The lowest BCUT2D eigenvalue weighted by Gasteiger charge is -2.38. The van der Waals surface area contributed by atoms with Crippen LogP contribution in [-0.4, -0.2) is 72.9 Å². The Labute approximate surface area is 219 Å². The summed E-state index contributed by atoms with van der Waals surface area (Å²) in [4.78, 5) is 32.7. The number of piperazine rings is 1. The molecule has 3 aromatic rings. The van der Waals surface area contributed by atoms with Crippen LogP contribution in [0.3, 0.4) is 0 Å². The van der Waals surface area contributed by atoms with Crippen LogP contribution in [0.5, 0.6) is 5.75 Å². The Morgan fingerprint density at radius 3 is 2.08 bits per heavy atom. The molecule has 37 heavy (non-hydrogen) atoms. The minimum Gasteiger partial charge on any atom is -0.496 e. The Bertz CT molecular complexity index is 1200. The van der Waals surface area contributed by atoms with Gasteiger partial charge in [0.2, 0.25) is 5.91 Å². The van der Waals surface area contributed by atoms with Crippen LogP contribution in [0.4, 0.5) is 0 Å². The highest BCUT2D eigenvalue weighted by molar-refractivity contribution is 5.95. The van der Waals surface area contributed by atoms with E-state index in [2.05, 4.69) is 29.2 Å². The lowest BCUT2D eigenvalue weighted by molar-refractivity contribution is -0.138. The Morgan fingerprint density at radius 2 is 1.41 bits per heavy atom. The molecule has 2 aliphatic rings. The van der Waals surface area contributed by atoms with Crippen molar-refractivity contribution < 1.29 is 14.3 Å². The zero-order valence-corrected chi connectivity index (χ0v) is 21.5. The first-order valence-corrected chi connectivity index (χ1v) is 13.2. The van der Waals surface area contributed by atoms with Gasteiger partial charge in [-0.05, 0) is 42.2 Å². The highest BCUT2D eigenvalue weighted by Gasteiger charge is 2.32. The van der Waals surface area contributed by atoms with Crippen LogP contribution < -0.4 is 4.74 Å². The van der Waals surface area contributed by atoms with Gasteiger partial charge in [0.05, 0.1) is 7.11 Å². The lowest BCUT2D eigenvalue weighted by Crippen LogP contribution is -2.51. The molecule has 192 valence electrons. The van der Waals surface area contributed by atoms with Crippen molar-refractivity contribution in [3.8, 4) is 16.9 Å². The molecular formula is C31H35N3O3. The normalized spacial score (nSPS) is 17.0. The summed E-state index contributed by atoms with van der Waals surface area (Å²) in [6.07, 6.45) is 1.46. The summed E-state index contributed by atoms with van der Waals surface area (Å²) in [5.74, 6) is 1.11. The van der Waals surface area contributed by atoms with Crippen molar-refractivity contribution in [2.75, 3.05) is 46.4 Å². The third kappa shape index (κ3) is 5.86. The molecule has 0 aliphatic carbocycles. The van der Waals surface area contributed by atoms with E-state index in [1.807, 2.05) is 64.4 Å². The molecule has 5 rings (SSSR count). The molecule has 0 aromatic heterocycles. The molecular weight excluding hydrogens is 462 g/mol. The fraction of sp³-hybridized carbons (Fsp3) is 0.355. The van der Waals surface area contributed by atoms with Crippen LogP contribution in [0.15, 0.2) is 78.9 Å². The summed E-state index contributed by atoms with van der Waals surface area (Å²) in [6, 6.07) is 26.1. The molecule has 0 radical (unpaired) electrons. The van der Waals surface area contributed by atoms with E-state index in [9.17, 15) is 9.59 Å². The number of hydrogen-bond donors (Lipinski definition) is 0. The lowest BCUT2D eigenvalue weighted by atomic mass is 9.94. The second kappa shape index (κ2) is 11.6. The average Bonchev–Trinajstić information content (AvgIpc) is 2.97. The van der Waals surface area contributed by atoms with E-state index in [0.717, 1.165) is 62.4 Å². The predicted octanol–water partition coefficient (Wildman–Crippen LogP) is 4.56. The van der Waals surface area contributed by atoms with Crippen molar-refractivity contribution in [2.45, 2.75) is 19.4 Å². The number of hydrogen-bond acceptors (Lipinski definition) is 4. The summed E-state index contributed by atoms with van der Waals surface area (Å²) >= 11 is 0. The summed E-state index contributed by atoms with van der Waals surface area (Å²) in [5.41, 5.74) is 4.01. The number of ether oxygens (including phenoxy) is 1. The fourth-order valence-corrected chi connectivity index (χ4v) is 5.41. The maximum atomic E-state index is 13.2. The molecule has 3 aromatic carbocycles. The first-order chi connectivity index (χ1) is 18.1. The van der Waals surface area contributed by atoms with E-state index in [0.29, 0.717) is 18.7 Å². The van der Waals surface area contributed by atoms with Gasteiger partial charge < -0.3 is 14.5 Å². The standard InChI is InChI=1S/C31H35N3O3/c1-37-29-10-6-5-9-28(29)25-11-13-26(14-12-25)30(35)33-17-15-27(16-18-33)31(36)34-21-19-32(20-22-34)23-24-7-3-2-4-8-24/h2-14,27H,15-23H2,1H3. The van der Waals surface area contributed by atoms with E-state index >= 15 is 0 Å². The number of nitrogens with zero attached hydrogens (tertiary/aromatic N) is 3. The molecule has 2 saturated heterocycles. The second-order valence-electron chi connectivity index (χ2n) is 9.93. The summed E-state index contributed by atoms with van der Waals surface area (Å²) < 4.78 is 5.47. The predicted molar refractivity (Wildman–Crippen MR) is 145 cm³/mol. The third-order valence-corrected chi connectivity index (χ3v) is 7.61. The fourth-order valence-electron chi connectivity index (χ4n) is 5.41. The smallest absolute Gasteiger partial charge is 0.253 e. The number of para-hydroxylation sites is 1. The van der Waals surface area contributed by atoms with E-state index in [-0.39, 0.29) is 17.7 Å². The molecule has 2 heterocycles. The monoisotopic (exact) mass is 497 g/mol. The minimum atomic E-state index is 0.0117. The molecule has 0 saturated carbocycles. The molecule has 0 unspecified atom stereocenters. The third-order valence-electron chi connectivity index (χ3n) is 7.61. The quantitative estimate of drug-likeness (QED) is 0.501. The van der Waals surface area contributed by atoms with Crippen molar-refractivity contribution in [1.29, 1.82) is 0 Å². The van der Waals surface area contributed by atoms with Gasteiger partial charge in [-0.25, -0.2) is 0 Å². The number of methoxy groups -OCH3 is 1. The van der Waals surface area contributed by atoms with Gasteiger partial charge in [0.25, 0.3) is 5.91 Å². The Hall–Kier alpha value is -3.64. The number of rotatable bonds is 6. The number of likely N-dealkylation sites (tertiary alicyclic amines) is 1. The molecule has 0 bridgehead atoms. The zero-order chi connectivity index (χ0) is 25.6. The topological polar surface area (TPSA) is 53.1 Å². The van der Waals surface area contributed by atoms with E-state index in [1.165, 1.54) is 5.56 Å². The molecule has 2 aliphatic heterocycles. The number of amides is 2. The summed E-state index contributed by atoms with van der Waals surface area (Å²) in [6.45, 7) is 5.55. The minimum absolute atomic E-state index is 0.0117. The van der Waals surface area contributed by atoms with Gasteiger partial charge in [0.15, 0.2) is 0 Å². The van der Waals surface area contributed by atoms with E-state index in [1.54, 1.807) is 7.11 Å². The maximum absolute atomic E-state index is 13.2. The van der Waals surface area contributed by atoms with Crippen LogP contribution in [0.25, 0.3) is 11.1 Å². The molecule has 6 nitrogen and oxygen atoms in total. The molecule has 0 spiro atoms. The Kier molecular flexibility index (Phi) is 7.85. The number of carbonyl (C=O) groups excluding carboxylic acids is 2. The van der Waals surface area contributed by atoms with Crippen LogP contribution in [0.1, 0.15) is 28.8 Å². The van der Waals surface area contributed by atoms with Crippen molar-refractivity contribution >= 4 is 11.8 Å². The van der Waals surface area contributed by atoms with Crippen molar-refractivity contribution in [3.05, 3.63) is 90.0 Å². The van der Waals surface area contributed by atoms with Gasteiger partial charge in [-0.2, -0.15) is 0 Å². The van der Waals surface area contributed by atoms with Crippen LogP contribution in [-0.2, 0) is 11.3 Å². The summed E-state index contributed by atoms with van der Waals surface area (Å²) in [5, 5.41) is 0. The molecule has 6 heteroatoms. The summed E-state index contributed by atoms with van der Waals surface area (Å²) in [7, 11) is 1.66. The number of benzene rings is 3. The Morgan fingerprint density at radius 1 is 0.757 bits per heavy atom. The number of piperidine rings is 1. The maximum Gasteiger partial charge on any atom is 0.253 e. The molecule has 2 amide bonds. The largest absolute Gasteiger partial charge is 0.496 e. The molecule has 0 N–H and O–H groups in total. The second-order valence-corrected chi connectivity index (χ2v) is 9.93. The molecule has 2 fully saturated rings. The van der Waals surface area contributed by atoms with Gasteiger partial charge in [0, 0.05) is 62.9 Å². The van der Waals surface area contributed by atoms with E-state index < -0.39 is 0 Å². The Balaban J connectivity index is 1.11. The zero-order valence-electron chi connectivity index (χ0n) is 21.5. The van der Waals surface area contributed by atoms with Gasteiger partial charge >= 0.3 is 0 Å². The average molecular weight is 498 g/mol. The van der Waals surface area contributed by atoms with Crippen molar-refractivity contribution in [3.63, 3.8) is 0 Å². The van der Waals surface area contributed by atoms with Gasteiger partial charge in [-0.3, -0.25) is 14.5 Å². The SMILES string of the molecule is COc1ccccc1-c1ccc(C(=O)N2CCC(C(=O)N3CCN(Cc4ccccc4)CC3)CC2)cc1. The van der Waals surface area contributed by atoms with Gasteiger partial charge in [0.1, 0.15) is 5.75 Å². The van der Waals surface area contributed by atoms with Crippen LogP contribution in [0, 0.1) is 5.92 Å².